The van der Waals surface area contributed by atoms with E-state index in [0.29, 0.717) is 12.3 Å². The highest BCUT2D eigenvalue weighted by molar-refractivity contribution is 5.95. The van der Waals surface area contributed by atoms with E-state index in [-0.39, 0.29) is 11.8 Å². The van der Waals surface area contributed by atoms with Crippen LogP contribution in [0.5, 0.6) is 0 Å². The Kier molecular flexibility index (Phi) is 4.04. The van der Waals surface area contributed by atoms with Crippen LogP contribution in [0.25, 0.3) is 22.0 Å². The van der Waals surface area contributed by atoms with Gasteiger partial charge in [0, 0.05) is 31.0 Å². The number of aromatic amines is 1. The smallest absolute Gasteiger partial charge is 0.223 e. The average molecular weight is 333 g/mol. The van der Waals surface area contributed by atoms with Gasteiger partial charge in [-0.15, -0.1) is 0 Å². The number of imidazole rings is 1. The van der Waals surface area contributed by atoms with Gasteiger partial charge in [0.1, 0.15) is 5.82 Å². The molecule has 0 bridgehead atoms. The second-order valence-corrected chi connectivity index (χ2v) is 7.30. The molecule has 1 aliphatic rings. The van der Waals surface area contributed by atoms with Crippen molar-refractivity contribution in [2.24, 2.45) is 5.92 Å². The molecule has 1 atom stereocenters. The molecule has 0 saturated carbocycles. The molecule has 4 heteroatoms. The molecule has 1 saturated heterocycles. The van der Waals surface area contributed by atoms with Gasteiger partial charge in [0.15, 0.2) is 0 Å². The fourth-order valence-electron chi connectivity index (χ4n) is 3.71. The van der Waals surface area contributed by atoms with E-state index in [1.54, 1.807) is 0 Å². The van der Waals surface area contributed by atoms with Gasteiger partial charge in [-0.3, -0.25) is 4.79 Å². The van der Waals surface area contributed by atoms with Crippen LogP contribution >= 0.6 is 0 Å². The maximum absolute atomic E-state index is 12.2. The molecule has 1 unspecified atom stereocenters. The number of amides is 1. The minimum atomic E-state index is 0.162. The normalized spacial score (nSPS) is 17.8. The Morgan fingerprint density at radius 3 is 2.84 bits per heavy atom. The van der Waals surface area contributed by atoms with Crippen LogP contribution in [-0.4, -0.2) is 33.9 Å². The SMILES string of the molecule is CC(C)CN1CC(c2ncc(-c3cccc4ccccc34)[nH]2)CC1=O. The van der Waals surface area contributed by atoms with E-state index in [0.717, 1.165) is 30.2 Å². The van der Waals surface area contributed by atoms with Gasteiger partial charge in [-0.25, -0.2) is 4.98 Å². The number of hydrogen-bond acceptors (Lipinski definition) is 2. The molecule has 1 N–H and O–H groups in total. The Hall–Kier alpha value is -2.62. The fraction of sp³-hybridized carbons (Fsp3) is 0.333. The molecule has 0 radical (unpaired) electrons. The van der Waals surface area contributed by atoms with Gasteiger partial charge >= 0.3 is 0 Å². The molecule has 0 aliphatic carbocycles. The van der Waals surface area contributed by atoms with E-state index in [4.69, 9.17) is 0 Å². The van der Waals surface area contributed by atoms with E-state index in [9.17, 15) is 4.79 Å². The van der Waals surface area contributed by atoms with Crippen molar-refractivity contribution < 1.29 is 4.79 Å². The molecular formula is C21H23N3O. The maximum atomic E-state index is 12.2. The van der Waals surface area contributed by atoms with E-state index in [1.807, 2.05) is 11.1 Å². The van der Waals surface area contributed by atoms with Gasteiger partial charge in [0.05, 0.1) is 11.9 Å². The zero-order valence-corrected chi connectivity index (χ0v) is 14.7. The van der Waals surface area contributed by atoms with Crippen molar-refractivity contribution in [2.45, 2.75) is 26.2 Å². The summed E-state index contributed by atoms with van der Waals surface area (Å²) in [5, 5.41) is 2.43. The third-order valence-electron chi connectivity index (χ3n) is 4.86. The van der Waals surface area contributed by atoms with Crippen molar-refractivity contribution in [3.8, 4) is 11.3 Å². The molecule has 4 rings (SSSR count). The molecule has 1 aromatic heterocycles. The van der Waals surface area contributed by atoms with Crippen molar-refractivity contribution in [3.63, 3.8) is 0 Å². The van der Waals surface area contributed by atoms with Crippen LogP contribution in [0.3, 0.4) is 0 Å². The molecule has 1 aliphatic heterocycles. The van der Waals surface area contributed by atoms with Gasteiger partial charge in [0.2, 0.25) is 5.91 Å². The Morgan fingerprint density at radius 1 is 1.20 bits per heavy atom. The Labute approximate surface area is 147 Å². The summed E-state index contributed by atoms with van der Waals surface area (Å²) in [4.78, 5) is 22.3. The lowest BCUT2D eigenvalue weighted by molar-refractivity contribution is -0.128. The summed E-state index contributed by atoms with van der Waals surface area (Å²) < 4.78 is 0. The molecule has 1 fully saturated rings. The van der Waals surface area contributed by atoms with Gasteiger partial charge in [-0.2, -0.15) is 0 Å². The first-order chi connectivity index (χ1) is 12.1. The molecule has 0 spiro atoms. The van der Waals surface area contributed by atoms with Gasteiger partial charge < -0.3 is 9.88 Å². The molecule has 1 amide bonds. The van der Waals surface area contributed by atoms with E-state index in [2.05, 4.69) is 66.3 Å². The summed E-state index contributed by atoms with van der Waals surface area (Å²) in [6.45, 7) is 5.88. The topological polar surface area (TPSA) is 49.0 Å². The van der Waals surface area contributed by atoms with Crippen molar-refractivity contribution in [3.05, 3.63) is 54.5 Å². The highest BCUT2D eigenvalue weighted by Crippen LogP contribution is 2.31. The second-order valence-electron chi connectivity index (χ2n) is 7.30. The first-order valence-electron chi connectivity index (χ1n) is 8.92. The van der Waals surface area contributed by atoms with Crippen molar-refractivity contribution in [2.75, 3.05) is 13.1 Å². The number of benzene rings is 2. The summed E-state index contributed by atoms with van der Waals surface area (Å²) in [7, 11) is 0. The summed E-state index contributed by atoms with van der Waals surface area (Å²) in [6, 6.07) is 14.7. The fourth-order valence-corrected chi connectivity index (χ4v) is 3.71. The molecule has 2 heterocycles. The number of H-pyrrole nitrogens is 1. The number of nitrogens with zero attached hydrogens (tertiary/aromatic N) is 2. The number of carbonyl (C=O) groups excluding carboxylic acids is 1. The summed E-state index contributed by atoms with van der Waals surface area (Å²) >= 11 is 0. The minimum Gasteiger partial charge on any atom is -0.342 e. The van der Waals surface area contributed by atoms with Gasteiger partial charge in [-0.05, 0) is 16.7 Å². The Balaban J connectivity index is 1.62. The van der Waals surface area contributed by atoms with Crippen molar-refractivity contribution >= 4 is 16.7 Å². The van der Waals surface area contributed by atoms with Gasteiger partial charge in [-0.1, -0.05) is 56.3 Å². The number of hydrogen-bond donors (Lipinski definition) is 1. The van der Waals surface area contributed by atoms with Crippen LogP contribution in [0.15, 0.2) is 48.7 Å². The van der Waals surface area contributed by atoms with Crippen LogP contribution in [0, 0.1) is 5.92 Å². The summed E-state index contributed by atoms with van der Waals surface area (Å²) in [6.07, 6.45) is 2.45. The van der Waals surface area contributed by atoms with E-state index in [1.165, 1.54) is 10.8 Å². The standard InChI is InChI=1S/C21H23N3O/c1-14(2)12-24-13-16(10-20(24)25)21-22-11-19(23-21)18-9-5-7-15-6-3-4-8-17(15)18/h3-9,11,14,16H,10,12-13H2,1-2H3,(H,22,23). The molecular weight excluding hydrogens is 310 g/mol. The maximum Gasteiger partial charge on any atom is 0.223 e. The zero-order chi connectivity index (χ0) is 17.4. The first-order valence-corrected chi connectivity index (χ1v) is 8.92. The van der Waals surface area contributed by atoms with Crippen LogP contribution in [0.2, 0.25) is 0 Å². The quantitative estimate of drug-likeness (QED) is 0.778. The average Bonchev–Trinajstić information content (AvgIpc) is 3.21. The van der Waals surface area contributed by atoms with E-state index < -0.39 is 0 Å². The predicted octanol–water partition coefficient (Wildman–Crippen LogP) is 4.20. The number of fused-ring (bicyclic) bond motifs is 1. The first kappa shape index (κ1) is 15.9. The monoisotopic (exact) mass is 333 g/mol. The number of rotatable bonds is 4. The van der Waals surface area contributed by atoms with Crippen LogP contribution in [0.4, 0.5) is 0 Å². The third-order valence-corrected chi connectivity index (χ3v) is 4.86. The third kappa shape index (κ3) is 3.04. The highest BCUT2D eigenvalue weighted by Gasteiger charge is 2.32. The molecule has 3 aromatic rings. The van der Waals surface area contributed by atoms with Crippen molar-refractivity contribution in [1.29, 1.82) is 0 Å². The number of nitrogens with one attached hydrogen (secondary N) is 1. The van der Waals surface area contributed by atoms with Gasteiger partial charge in [0.25, 0.3) is 0 Å². The van der Waals surface area contributed by atoms with Crippen molar-refractivity contribution in [1.82, 2.24) is 14.9 Å². The molecule has 2 aromatic carbocycles. The number of aromatic nitrogens is 2. The Morgan fingerprint density at radius 2 is 2.00 bits per heavy atom. The highest BCUT2D eigenvalue weighted by atomic mass is 16.2. The largest absolute Gasteiger partial charge is 0.342 e. The lowest BCUT2D eigenvalue weighted by Crippen LogP contribution is -2.29. The lowest BCUT2D eigenvalue weighted by Gasteiger charge is -2.18. The molecule has 25 heavy (non-hydrogen) atoms. The zero-order valence-electron chi connectivity index (χ0n) is 14.7. The summed E-state index contributed by atoms with van der Waals surface area (Å²) in [5.41, 5.74) is 2.17. The second kappa shape index (κ2) is 6.36. The lowest BCUT2D eigenvalue weighted by atomic mass is 10.0. The summed E-state index contributed by atoms with van der Waals surface area (Å²) in [5.74, 6) is 1.81. The van der Waals surface area contributed by atoms with E-state index >= 15 is 0 Å². The minimum absolute atomic E-state index is 0.162. The van der Waals surface area contributed by atoms with Crippen LogP contribution in [0.1, 0.15) is 32.0 Å². The molecule has 128 valence electrons. The van der Waals surface area contributed by atoms with Crippen LogP contribution < -0.4 is 0 Å². The van der Waals surface area contributed by atoms with Crippen LogP contribution in [-0.2, 0) is 4.79 Å². The Bertz CT molecular complexity index is 907. The molecule has 4 nitrogen and oxygen atoms in total. The number of carbonyl (C=O) groups is 1. The number of likely N-dealkylation sites (tertiary alicyclic amines) is 1. The predicted molar refractivity (Wildman–Crippen MR) is 100 cm³/mol.